The van der Waals surface area contributed by atoms with Crippen LogP contribution in [0, 0.1) is 15.9 Å². The van der Waals surface area contributed by atoms with Crippen LogP contribution in [0.2, 0.25) is 0 Å². The van der Waals surface area contributed by atoms with E-state index in [9.17, 15) is 0 Å². The predicted molar refractivity (Wildman–Crippen MR) is 85.5 cm³/mol. The van der Waals surface area contributed by atoms with Crippen LogP contribution in [-0.2, 0) is 0 Å². The Hall–Kier alpha value is -0.320. The lowest BCUT2D eigenvalue weighted by Gasteiger charge is -2.28. The van der Waals surface area contributed by atoms with Gasteiger partial charge >= 0.3 is 0 Å². The highest BCUT2D eigenvalue weighted by molar-refractivity contribution is 7.74. The van der Waals surface area contributed by atoms with E-state index < -0.39 is 0 Å². The van der Waals surface area contributed by atoms with Gasteiger partial charge in [-0.2, -0.15) is 0 Å². The Bertz CT molecular complexity index is 441. The average molecular weight is 284 g/mol. The first-order valence-corrected chi connectivity index (χ1v) is 7.57. The summed E-state index contributed by atoms with van der Waals surface area (Å²) in [7, 11) is 2.11. The van der Waals surface area contributed by atoms with E-state index >= 15 is 0 Å². The Morgan fingerprint density at radius 2 is 1.44 bits per heavy atom. The van der Waals surface area contributed by atoms with E-state index in [1.165, 1.54) is 37.2 Å². The molecule has 0 atom stereocenters. The van der Waals surface area contributed by atoms with E-state index in [1.54, 1.807) is 0 Å². The van der Waals surface area contributed by atoms with E-state index in [4.69, 9.17) is 24.4 Å². The second-order valence-electron chi connectivity index (χ2n) is 4.90. The molecule has 0 aliphatic carbocycles. The molecule has 0 heterocycles. The van der Waals surface area contributed by atoms with Crippen molar-refractivity contribution in [3.63, 3.8) is 0 Å². The van der Waals surface area contributed by atoms with Crippen molar-refractivity contribution in [1.29, 1.82) is 0 Å². The third-order valence-corrected chi connectivity index (χ3v) is 4.37. The van der Waals surface area contributed by atoms with Crippen molar-refractivity contribution >= 4 is 30.1 Å². The first kappa shape index (κ1) is 15.7. The van der Waals surface area contributed by atoms with Gasteiger partial charge in [-0.1, -0.05) is 38.3 Å². The zero-order valence-electron chi connectivity index (χ0n) is 12.0. The Kier molecular flexibility index (Phi) is 6.39. The second kappa shape index (κ2) is 7.31. The summed E-state index contributed by atoms with van der Waals surface area (Å²) in [5.74, 6) is 0. The summed E-state index contributed by atoms with van der Waals surface area (Å²) in [6.07, 6.45) is 2.43. The fraction of sp³-hybridized carbons (Fsp3) is 0.714. The van der Waals surface area contributed by atoms with E-state index in [0.717, 1.165) is 22.1 Å². The number of nitrogens with zero attached hydrogens (tertiary/aromatic N) is 2. The lowest BCUT2D eigenvalue weighted by atomic mass is 10.1. The third-order valence-electron chi connectivity index (χ3n) is 3.33. The summed E-state index contributed by atoms with van der Waals surface area (Å²) in [5.41, 5.74) is 2.37. The fourth-order valence-electron chi connectivity index (χ4n) is 2.32. The van der Waals surface area contributed by atoms with Crippen molar-refractivity contribution in [3.8, 4) is 0 Å². The van der Waals surface area contributed by atoms with Crippen molar-refractivity contribution in [3.05, 3.63) is 14.6 Å². The summed E-state index contributed by atoms with van der Waals surface area (Å²) in [6.45, 7) is 11.0. The van der Waals surface area contributed by atoms with Crippen LogP contribution in [0.5, 0.6) is 0 Å². The molecule has 0 saturated carbocycles. The molecule has 0 aliphatic heterocycles. The van der Waals surface area contributed by atoms with Crippen molar-refractivity contribution in [2.75, 3.05) is 38.1 Å². The molecule has 2 nitrogen and oxygen atoms in total. The molecular weight excluding hydrogens is 260 g/mol. The SMILES string of the molecule is CCCN(CCC)CCN(C)c1c(C)c(=S)c1=S. The molecule has 4 heteroatoms. The molecule has 18 heavy (non-hydrogen) atoms. The van der Waals surface area contributed by atoms with Gasteiger partial charge < -0.3 is 9.80 Å². The molecule has 1 aromatic carbocycles. The third kappa shape index (κ3) is 3.59. The molecule has 0 aromatic heterocycles. The molecule has 0 spiro atoms. The van der Waals surface area contributed by atoms with Gasteiger partial charge in [0, 0.05) is 20.1 Å². The van der Waals surface area contributed by atoms with Gasteiger partial charge in [-0.25, -0.2) is 0 Å². The minimum absolute atomic E-state index is 0.877. The van der Waals surface area contributed by atoms with Crippen LogP contribution < -0.4 is 4.90 Å². The molecule has 0 amide bonds. The smallest absolute Gasteiger partial charge is 0.0797 e. The van der Waals surface area contributed by atoms with Crippen molar-refractivity contribution < 1.29 is 0 Å². The van der Waals surface area contributed by atoms with Crippen molar-refractivity contribution in [2.24, 2.45) is 0 Å². The summed E-state index contributed by atoms with van der Waals surface area (Å²) >= 11 is 10.5. The Balaban J connectivity index is 2.53. The highest BCUT2D eigenvalue weighted by Gasteiger charge is 2.15. The van der Waals surface area contributed by atoms with Crippen molar-refractivity contribution in [2.45, 2.75) is 33.6 Å². The highest BCUT2D eigenvalue weighted by Crippen LogP contribution is 2.28. The zero-order valence-corrected chi connectivity index (χ0v) is 13.6. The van der Waals surface area contributed by atoms with Crippen LogP contribution in [0.1, 0.15) is 32.3 Å². The summed E-state index contributed by atoms with van der Waals surface area (Å²) in [6, 6.07) is 0. The average Bonchev–Trinajstić information content (AvgIpc) is 2.36. The number of hydrogen-bond donors (Lipinski definition) is 0. The van der Waals surface area contributed by atoms with Gasteiger partial charge in [-0.05, 0) is 38.4 Å². The van der Waals surface area contributed by atoms with Gasteiger partial charge in [0.05, 0.1) is 14.7 Å². The normalized spacial score (nSPS) is 11.4. The molecule has 0 radical (unpaired) electrons. The molecule has 0 fully saturated rings. The summed E-state index contributed by atoms with van der Waals surface area (Å²) in [4.78, 5) is 4.78. The topological polar surface area (TPSA) is 6.48 Å². The van der Waals surface area contributed by atoms with E-state index in [2.05, 4.69) is 37.6 Å². The molecule has 102 valence electrons. The number of anilines is 1. The molecule has 0 aliphatic rings. The Morgan fingerprint density at radius 3 is 1.89 bits per heavy atom. The van der Waals surface area contributed by atoms with Crippen LogP contribution in [0.4, 0.5) is 5.69 Å². The number of likely N-dealkylation sites (N-methyl/N-ethyl adjacent to an activating group) is 1. The zero-order chi connectivity index (χ0) is 13.7. The number of hydrogen-bond acceptors (Lipinski definition) is 4. The van der Waals surface area contributed by atoms with Gasteiger partial charge in [-0.15, -0.1) is 0 Å². The van der Waals surface area contributed by atoms with Crippen LogP contribution in [0.15, 0.2) is 0 Å². The summed E-state index contributed by atoms with van der Waals surface area (Å²) in [5, 5.41) is 0. The van der Waals surface area contributed by atoms with Crippen LogP contribution in [0.25, 0.3) is 0 Å². The lowest BCUT2D eigenvalue weighted by molar-refractivity contribution is 0.281. The molecule has 1 rings (SSSR count). The standard InChI is InChI=1S/C14H24N2S2/c1-5-7-16(8-6-2)10-9-15(4)12-11(3)13(17)14(12)18/h5-10H2,1-4H3. The Morgan fingerprint density at radius 1 is 0.889 bits per heavy atom. The van der Waals surface area contributed by atoms with Gasteiger partial charge in [0.25, 0.3) is 0 Å². The van der Waals surface area contributed by atoms with Crippen LogP contribution in [-0.4, -0.2) is 38.1 Å². The first-order valence-electron chi connectivity index (χ1n) is 6.76. The maximum Gasteiger partial charge on any atom is 0.0797 e. The molecule has 0 saturated heterocycles. The van der Waals surface area contributed by atoms with E-state index in [0.29, 0.717) is 0 Å². The molecule has 1 aromatic rings. The van der Waals surface area contributed by atoms with Gasteiger partial charge in [0.2, 0.25) is 0 Å². The molecule has 0 bridgehead atoms. The minimum atomic E-state index is 0.877. The number of rotatable bonds is 8. The second-order valence-corrected chi connectivity index (χ2v) is 5.71. The van der Waals surface area contributed by atoms with E-state index in [1.807, 2.05) is 0 Å². The largest absolute Gasteiger partial charge is 0.372 e. The maximum atomic E-state index is 5.31. The molecular formula is C14H24N2S2. The summed E-state index contributed by atoms with van der Waals surface area (Å²) < 4.78 is 1.76. The minimum Gasteiger partial charge on any atom is -0.372 e. The monoisotopic (exact) mass is 284 g/mol. The van der Waals surface area contributed by atoms with Crippen LogP contribution >= 0.6 is 24.4 Å². The van der Waals surface area contributed by atoms with Crippen LogP contribution in [0.3, 0.4) is 0 Å². The fourth-order valence-corrected chi connectivity index (χ4v) is 2.98. The molecule has 0 N–H and O–H groups in total. The Labute approximate surface area is 121 Å². The van der Waals surface area contributed by atoms with E-state index in [-0.39, 0.29) is 0 Å². The molecule has 0 unspecified atom stereocenters. The van der Waals surface area contributed by atoms with Gasteiger partial charge in [0.15, 0.2) is 0 Å². The predicted octanol–water partition coefficient (Wildman–Crippen LogP) is 3.89. The van der Waals surface area contributed by atoms with Gasteiger partial charge in [0.1, 0.15) is 0 Å². The highest BCUT2D eigenvalue weighted by atomic mass is 32.1. The quantitative estimate of drug-likeness (QED) is 0.668. The maximum absolute atomic E-state index is 5.31. The lowest BCUT2D eigenvalue weighted by Crippen LogP contribution is -2.35. The first-order chi connectivity index (χ1) is 8.52. The van der Waals surface area contributed by atoms with Gasteiger partial charge in [-0.3, -0.25) is 0 Å². The van der Waals surface area contributed by atoms with Crippen molar-refractivity contribution in [1.82, 2.24) is 4.90 Å².